The van der Waals surface area contributed by atoms with Crippen molar-refractivity contribution in [1.82, 2.24) is 10.3 Å². The monoisotopic (exact) mass is 315 g/mol. The van der Waals surface area contributed by atoms with Crippen LogP contribution in [0.5, 0.6) is 5.75 Å². The molecule has 20 heavy (non-hydrogen) atoms. The van der Waals surface area contributed by atoms with Crippen molar-refractivity contribution in [3.8, 4) is 5.75 Å². The number of pyridine rings is 1. The minimum absolute atomic E-state index is 0.454. The van der Waals surface area contributed by atoms with Gasteiger partial charge in [-0.15, -0.1) is 11.8 Å². The molecule has 1 aromatic heterocycles. The first kappa shape index (κ1) is 16.6. The van der Waals surface area contributed by atoms with Gasteiger partial charge >= 0.3 is 0 Å². The third kappa shape index (κ3) is 6.16. The lowest BCUT2D eigenvalue weighted by Gasteiger charge is -2.08. The molecule has 0 spiro atoms. The zero-order chi connectivity index (χ0) is 14.8. The van der Waals surface area contributed by atoms with Gasteiger partial charge in [-0.1, -0.05) is 0 Å². The van der Waals surface area contributed by atoms with Crippen LogP contribution in [0.15, 0.2) is 29.6 Å². The topological polar surface area (TPSA) is 77.3 Å². The maximum atomic E-state index is 10.4. The van der Waals surface area contributed by atoms with Gasteiger partial charge in [0.25, 0.3) is 6.20 Å². The maximum absolute atomic E-state index is 10.4. The minimum Gasteiger partial charge on any atom is -0.495 e. The summed E-state index contributed by atoms with van der Waals surface area (Å²) in [6.45, 7) is 0.667. The first-order valence-electron chi connectivity index (χ1n) is 5.86. The molecule has 0 unspecified atom stereocenters. The third-order valence-corrected chi connectivity index (χ3v) is 3.96. The van der Waals surface area contributed by atoms with Crippen molar-refractivity contribution in [2.24, 2.45) is 0 Å². The second kappa shape index (κ2) is 9.49. The Hall–Kier alpha value is -1.41. The van der Waals surface area contributed by atoms with Crippen LogP contribution in [0.25, 0.3) is 0 Å². The summed E-state index contributed by atoms with van der Waals surface area (Å²) in [5.74, 6) is 2.36. The van der Waals surface area contributed by atoms with Gasteiger partial charge in [-0.25, -0.2) is 0 Å². The quantitative estimate of drug-likeness (QED) is 0.426. The van der Waals surface area contributed by atoms with E-state index in [1.807, 2.05) is 12.1 Å². The Morgan fingerprint density at radius 2 is 2.45 bits per heavy atom. The van der Waals surface area contributed by atoms with Crippen molar-refractivity contribution in [3.05, 3.63) is 45.4 Å². The minimum atomic E-state index is -0.454. The van der Waals surface area contributed by atoms with Crippen molar-refractivity contribution in [1.29, 1.82) is 0 Å². The van der Waals surface area contributed by atoms with E-state index in [2.05, 4.69) is 10.3 Å². The molecule has 110 valence electrons. The predicted octanol–water partition coefficient (Wildman–Crippen LogP) is 2.35. The number of aromatic nitrogens is 1. The first-order chi connectivity index (χ1) is 9.67. The van der Waals surface area contributed by atoms with Crippen LogP contribution in [-0.2, 0) is 5.75 Å². The first-order valence-corrected chi connectivity index (χ1v) is 8.24. The fourth-order valence-electron chi connectivity index (χ4n) is 1.40. The van der Waals surface area contributed by atoms with Crippen LogP contribution in [0.2, 0.25) is 0 Å². The van der Waals surface area contributed by atoms with Crippen molar-refractivity contribution in [3.63, 3.8) is 0 Å². The molecule has 0 amide bonds. The third-order valence-electron chi connectivity index (χ3n) is 2.30. The van der Waals surface area contributed by atoms with E-state index in [1.165, 1.54) is 11.8 Å². The van der Waals surface area contributed by atoms with Crippen LogP contribution in [0.3, 0.4) is 0 Å². The van der Waals surface area contributed by atoms with Gasteiger partial charge in [-0.2, -0.15) is 11.8 Å². The predicted molar refractivity (Wildman–Crippen MR) is 83.5 cm³/mol. The van der Waals surface area contributed by atoms with Crippen LogP contribution in [0.4, 0.5) is 0 Å². The standard InChI is InChI=1S/C12H17N3O3S2/c1-18-11-4-3-5-13-10(11)9-20-7-6-14-12(19-2)8-15(16)17/h3-5,8,14H,6-7,9H2,1-2H3/b12-8-. The molecule has 1 aromatic rings. The summed E-state index contributed by atoms with van der Waals surface area (Å²) >= 11 is 3.02. The molecule has 0 fully saturated rings. The largest absolute Gasteiger partial charge is 0.495 e. The summed E-state index contributed by atoms with van der Waals surface area (Å²) in [5.41, 5.74) is 0.908. The zero-order valence-corrected chi connectivity index (χ0v) is 13.0. The summed E-state index contributed by atoms with van der Waals surface area (Å²) in [5, 5.41) is 13.9. The fraction of sp³-hybridized carbons (Fsp3) is 0.417. The highest BCUT2D eigenvalue weighted by atomic mass is 32.2. The lowest BCUT2D eigenvalue weighted by atomic mass is 10.3. The molecule has 0 radical (unpaired) electrons. The number of methoxy groups -OCH3 is 1. The fourth-order valence-corrected chi connectivity index (χ4v) is 2.64. The molecule has 0 saturated heterocycles. The highest BCUT2D eigenvalue weighted by Crippen LogP contribution is 2.20. The summed E-state index contributed by atoms with van der Waals surface area (Å²) < 4.78 is 5.22. The lowest BCUT2D eigenvalue weighted by molar-refractivity contribution is -0.403. The van der Waals surface area contributed by atoms with E-state index >= 15 is 0 Å². The van der Waals surface area contributed by atoms with Gasteiger partial charge in [0.1, 0.15) is 10.8 Å². The molecule has 0 bridgehead atoms. The number of hydrogen-bond donors (Lipinski definition) is 1. The van der Waals surface area contributed by atoms with Crippen molar-refractivity contribution < 1.29 is 9.66 Å². The van der Waals surface area contributed by atoms with Crippen molar-refractivity contribution in [2.45, 2.75) is 5.75 Å². The van der Waals surface area contributed by atoms with Gasteiger partial charge in [-0.05, 0) is 18.4 Å². The Kier molecular flexibility index (Phi) is 7.89. The Morgan fingerprint density at radius 3 is 3.10 bits per heavy atom. The average molecular weight is 315 g/mol. The van der Waals surface area contributed by atoms with E-state index in [1.54, 1.807) is 31.3 Å². The number of nitro groups is 1. The normalized spacial score (nSPS) is 11.2. The number of rotatable bonds is 9. The summed E-state index contributed by atoms with van der Waals surface area (Å²) in [7, 11) is 1.62. The van der Waals surface area contributed by atoms with E-state index in [9.17, 15) is 10.1 Å². The zero-order valence-electron chi connectivity index (χ0n) is 11.4. The SMILES string of the molecule is COc1cccnc1CSCCN/C(=C/[N+](=O)[O-])SC. The highest BCUT2D eigenvalue weighted by molar-refractivity contribution is 8.02. The lowest BCUT2D eigenvalue weighted by Crippen LogP contribution is -2.15. The molecule has 0 aliphatic heterocycles. The molecular formula is C12H17N3O3S2. The van der Waals surface area contributed by atoms with E-state index in [0.717, 1.165) is 29.1 Å². The molecule has 6 nitrogen and oxygen atoms in total. The number of nitrogens with one attached hydrogen (secondary N) is 1. The van der Waals surface area contributed by atoms with E-state index in [4.69, 9.17) is 4.74 Å². The molecule has 8 heteroatoms. The summed E-state index contributed by atoms with van der Waals surface area (Å²) in [6.07, 6.45) is 4.52. The number of thioether (sulfide) groups is 2. The van der Waals surface area contributed by atoms with Crippen LogP contribution in [0, 0.1) is 10.1 Å². The summed E-state index contributed by atoms with van der Waals surface area (Å²) in [4.78, 5) is 14.2. The Labute approximate surface area is 126 Å². The smallest absolute Gasteiger partial charge is 0.263 e. The molecule has 1 rings (SSSR count). The maximum Gasteiger partial charge on any atom is 0.263 e. The average Bonchev–Trinajstić information content (AvgIpc) is 2.45. The molecule has 1 N–H and O–H groups in total. The Morgan fingerprint density at radius 1 is 1.65 bits per heavy atom. The van der Waals surface area contributed by atoms with Gasteiger partial charge in [0.2, 0.25) is 0 Å². The molecular weight excluding hydrogens is 298 g/mol. The summed E-state index contributed by atoms with van der Waals surface area (Å²) in [6, 6.07) is 3.72. The van der Waals surface area contributed by atoms with Gasteiger partial charge in [0.05, 0.1) is 17.7 Å². The molecule has 0 aliphatic carbocycles. The van der Waals surface area contributed by atoms with Gasteiger partial charge in [0.15, 0.2) is 0 Å². The molecule has 0 aliphatic rings. The van der Waals surface area contributed by atoms with Gasteiger partial charge < -0.3 is 10.1 Å². The van der Waals surface area contributed by atoms with E-state index < -0.39 is 4.92 Å². The van der Waals surface area contributed by atoms with Crippen LogP contribution in [-0.4, -0.2) is 35.6 Å². The number of nitrogens with zero attached hydrogens (tertiary/aromatic N) is 2. The van der Waals surface area contributed by atoms with Crippen LogP contribution < -0.4 is 10.1 Å². The molecule has 0 atom stereocenters. The number of ether oxygens (including phenoxy) is 1. The number of hydrogen-bond acceptors (Lipinski definition) is 7. The molecule has 1 heterocycles. The van der Waals surface area contributed by atoms with Crippen LogP contribution >= 0.6 is 23.5 Å². The Balaban J connectivity index is 2.30. The van der Waals surface area contributed by atoms with Crippen LogP contribution in [0.1, 0.15) is 5.69 Å². The van der Waals surface area contributed by atoms with Crippen molar-refractivity contribution >= 4 is 23.5 Å². The second-order valence-electron chi connectivity index (χ2n) is 3.61. The molecule has 0 saturated carbocycles. The van der Waals surface area contributed by atoms with E-state index in [0.29, 0.717) is 11.6 Å². The second-order valence-corrected chi connectivity index (χ2v) is 5.57. The Bertz CT molecular complexity index is 469. The highest BCUT2D eigenvalue weighted by Gasteiger charge is 2.04. The van der Waals surface area contributed by atoms with Gasteiger partial charge in [0, 0.05) is 24.2 Å². The van der Waals surface area contributed by atoms with Crippen molar-refractivity contribution in [2.75, 3.05) is 25.7 Å². The van der Waals surface area contributed by atoms with Gasteiger partial charge in [-0.3, -0.25) is 15.1 Å². The van der Waals surface area contributed by atoms with E-state index in [-0.39, 0.29) is 0 Å². The molecule has 0 aromatic carbocycles.